The van der Waals surface area contributed by atoms with Crippen LogP contribution in [0.1, 0.15) is 34.3 Å². The van der Waals surface area contributed by atoms with E-state index in [9.17, 15) is 14.9 Å². The first-order chi connectivity index (χ1) is 13.4. The fraction of sp³-hybridized carbons (Fsp3) is 0.381. The molecule has 0 spiro atoms. The van der Waals surface area contributed by atoms with Gasteiger partial charge in [-0.2, -0.15) is 0 Å². The Labute approximate surface area is 164 Å². The molecule has 1 heterocycles. The van der Waals surface area contributed by atoms with Crippen LogP contribution in [0, 0.1) is 17.0 Å². The van der Waals surface area contributed by atoms with E-state index in [1.54, 1.807) is 6.92 Å². The molecular formula is C21H25N3O4. The lowest BCUT2D eigenvalue weighted by atomic mass is 10.1. The van der Waals surface area contributed by atoms with Crippen molar-refractivity contribution in [2.24, 2.45) is 0 Å². The Kier molecular flexibility index (Phi) is 6.26. The normalized spacial score (nSPS) is 15.2. The van der Waals surface area contributed by atoms with Gasteiger partial charge in [-0.15, -0.1) is 0 Å². The van der Waals surface area contributed by atoms with E-state index in [1.165, 1.54) is 18.2 Å². The van der Waals surface area contributed by atoms with Gasteiger partial charge in [0, 0.05) is 36.8 Å². The van der Waals surface area contributed by atoms with Crippen LogP contribution in [0.2, 0.25) is 0 Å². The number of amides is 1. The molecular weight excluding hydrogens is 358 g/mol. The highest BCUT2D eigenvalue weighted by molar-refractivity contribution is 5.94. The Morgan fingerprint density at radius 1 is 1.21 bits per heavy atom. The van der Waals surface area contributed by atoms with Crippen molar-refractivity contribution in [1.29, 1.82) is 0 Å². The average Bonchev–Trinajstić information content (AvgIpc) is 2.68. The van der Waals surface area contributed by atoms with Gasteiger partial charge in [-0.1, -0.05) is 12.1 Å². The van der Waals surface area contributed by atoms with Crippen LogP contribution in [0.15, 0.2) is 42.5 Å². The van der Waals surface area contributed by atoms with E-state index >= 15 is 0 Å². The van der Waals surface area contributed by atoms with Crippen molar-refractivity contribution in [3.63, 3.8) is 0 Å². The SMILES string of the molecule is Cc1cc(C(=O)NCc2ccc(OC3CCN(C)CC3)cc2)ccc1[N+](=O)[O-]. The topological polar surface area (TPSA) is 84.7 Å². The number of likely N-dealkylation sites (tertiary alicyclic amines) is 1. The molecule has 148 valence electrons. The molecule has 7 nitrogen and oxygen atoms in total. The highest BCUT2D eigenvalue weighted by atomic mass is 16.6. The summed E-state index contributed by atoms with van der Waals surface area (Å²) in [6.45, 7) is 4.11. The minimum Gasteiger partial charge on any atom is -0.490 e. The highest BCUT2D eigenvalue weighted by Gasteiger charge is 2.18. The Balaban J connectivity index is 1.52. The van der Waals surface area contributed by atoms with Gasteiger partial charge in [0.2, 0.25) is 0 Å². The fourth-order valence-electron chi connectivity index (χ4n) is 3.27. The molecule has 0 radical (unpaired) electrons. The van der Waals surface area contributed by atoms with E-state index in [-0.39, 0.29) is 17.7 Å². The molecule has 2 aromatic rings. The molecule has 1 N–H and O–H groups in total. The number of nitrogens with zero attached hydrogens (tertiary/aromatic N) is 2. The molecule has 0 aliphatic carbocycles. The zero-order valence-corrected chi connectivity index (χ0v) is 16.2. The minimum atomic E-state index is -0.452. The zero-order valence-electron chi connectivity index (χ0n) is 16.2. The van der Waals surface area contributed by atoms with E-state index in [4.69, 9.17) is 4.74 Å². The molecule has 3 rings (SSSR count). The van der Waals surface area contributed by atoms with Crippen molar-refractivity contribution in [3.05, 3.63) is 69.3 Å². The van der Waals surface area contributed by atoms with Gasteiger partial charge in [-0.25, -0.2) is 0 Å². The highest BCUT2D eigenvalue weighted by Crippen LogP contribution is 2.20. The Morgan fingerprint density at radius 3 is 2.50 bits per heavy atom. The third kappa shape index (κ3) is 5.07. The van der Waals surface area contributed by atoms with Gasteiger partial charge in [-0.3, -0.25) is 14.9 Å². The Bertz CT molecular complexity index is 843. The van der Waals surface area contributed by atoms with Crippen molar-refractivity contribution in [1.82, 2.24) is 10.2 Å². The smallest absolute Gasteiger partial charge is 0.272 e. The van der Waals surface area contributed by atoms with E-state index in [0.717, 1.165) is 37.2 Å². The first-order valence-corrected chi connectivity index (χ1v) is 9.40. The maximum absolute atomic E-state index is 12.3. The number of aryl methyl sites for hydroxylation is 1. The van der Waals surface area contributed by atoms with Crippen molar-refractivity contribution >= 4 is 11.6 Å². The van der Waals surface area contributed by atoms with Gasteiger partial charge in [0.1, 0.15) is 11.9 Å². The first kappa shape index (κ1) is 19.8. The lowest BCUT2D eigenvalue weighted by molar-refractivity contribution is -0.385. The van der Waals surface area contributed by atoms with Crippen molar-refractivity contribution in [3.8, 4) is 5.75 Å². The summed E-state index contributed by atoms with van der Waals surface area (Å²) in [6, 6.07) is 12.1. The number of nitro groups is 1. The van der Waals surface area contributed by atoms with Gasteiger partial charge in [0.05, 0.1) is 4.92 Å². The first-order valence-electron chi connectivity index (χ1n) is 9.40. The van der Waals surface area contributed by atoms with Gasteiger partial charge in [0.15, 0.2) is 0 Å². The molecule has 2 aromatic carbocycles. The lowest BCUT2D eigenvalue weighted by Crippen LogP contribution is -2.35. The molecule has 1 fully saturated rings. The number of nitro benzene ring substituents is 1. The van der Waals surface area contributed by atoms with E-state index in [2.05, 4.69) is 17.3 Å². The largest absolute Gasteiger partial charge is 0.490 e. The number of rotatable bonds is 6. The molecule has 0 saturated carbocycles. The summed E-state index contributed by atoms with van der Waals surface area (Å²) < 4.78 is 6.03. The van der Waals surface area contributed by atoms with Crippen LogP contribution in [0.5, 0.6) is 5.75 Å². The molecule has 7 heteroatoms. The Hall–Kier alpha value is -2.93. The maximum atomic E-state index is 12.3. The molecule has 1 aliphatic heterocycles. The second-order valence-corrected chi connectivity index (χ2v) is 7.21. The molecule has 0 unspecified atom stereocenters. The van der Waals surface area contributed by atoms with Crippen molar-refractivity contribution < 1.29 is 14.5 Å². The summed E-state index contributed by atoms with van der Waals surface area (Å²) in [4.78, 5) is 25.0. The van der Waals surface area contributed by atoms with Crippen LogP contribution < -0.4 is 10.1 Å². The van der Waals surface area contributed by atoms with Crippen LogP contribution in [-0.4, -0.2) is 42.0 Å². The predicted molar refractivity (Wildman–Crippen MR) is 107 cm³/mol. The number of carbonyl (C=O) groups is 1. The molecule has 1 amide bonds. The van der Waals surface area contributed by atoms with Gasteiger partial charge < -0.3 is 15.0 Å². The van der Waals surface area contributed by atoms with Gasteiger partial charge in [-0.05, 0) is 56.6 Å². The zero-order chi connectivity index (χ0) is 20.1. The number of hydrogen-bond donors (Lipinski definition) is 1. The third-order valence-corrected chi connectivity index (χ3v) is 5.00. The van der Waals surface area contributed by atoms with Crippen molar-refractivity contribution in [2.75, 3.05) is 20.1 Å². The molecule has 1 aliphatic rings. The number of ether oxygens (including phenoxy) is 1. The maximum Gasteiger partial charge on any atom is 0.272 e. The van der Waals surface area contributed by atoms with Gasteiger partial charge in [0.25, 0.3) is 11.6 Å². The summed E-state index contributed by atoms with van der Waals surface area (Å²) in [6.07, 6.45) is 2.32. The molecule has 28 heavy (non-hydrogen) atoms. The number of hydrogen-bond acceptors (Lipinski definition) is 5. The van der Waals surface area contributed by atoms with Crippen LogP contribution >= 0.6 is 0 Å². The Morgan fingerprint density at radius 2 is 1.89 bits per heavy atom. The van der Waals surface area contributed by atoms with Gasteiger partial charge >= 0.3 is 0 Å². The second-order valence-electron chi connectivity index (χ2n) is 7.21. The van der Waals surface area contributed by atoms with E-state index in [0.29, 0.717) is 17.7 Å². The van der Waals surface area contributed by atoms with Crippen LogP contribution in [0.4, 0.5) is 5.69 Å². The van der Waals surface area contributed by atoms with Crippen LogP contribution in [-0.2, 0) is 6.54 Å². The lowest BCUT2D eigenvalue weighted by Gasteiger charge is -2.29. The molecule has 0 atom stereocenters. The van der Waals surface area contributed by atoms with Crippen LogP contribution in [0.3, 0.4) is 0 Å². The second kappa shape index (κ2) is 8.84. The monoisotopic (exact) mass is 383 g/mol. The average molecular weight is 383 g/mol. The quantitative estimate of drug-likeness (QED) is 0.611. The summed E-state index contributed by atoms with van der Waals surface area (Å²) in [5, 5.41) is 13.7. The van der Waals surface area contributed by atoms with E-state index < -0.39 is 4.92 Å². The third-order valence-electron chi connectivity index (χ3n) is 5.00. The standard InChI is InChI=1S/C21H25N3O4/c1-15-13-17(5-8-20(15)24(26)27)21(25)22-14-16-3-6-18(7-4-16)28-19-9-11-23(2)12-10-19/h3-8,13,19H,9-12,14H2,1-2H3,(H,22,25). The predicted octanol–water partition coefficient (Wildman–Crippen LogP) is 3.31. The fourth-order valence-corrected chi connectivity index (χ4v) is 3.27. The molecule has 1 saturated heterocycles. The summed E-state index contributed by atoms with van der Waals surface area (Å²) in [5.41, 5.74) is 1.85. The number of nitrogens with one attached hydrogen (secondary N) is 1. The summed E-state index contributed by atoms with van der Waals surface area (Å²) >= 11 is 0. The molecule has 0 aromatic heterocycles. The van der Waals surface area contributed by atoms with Crippen molar-refractivity contribution in [2.45, 2.75) is 32.4 Å². The van der Waals surface area contributed by atoms with Crippen LogP contribution in [0.25, 0.3) is 0 Å². The molecule has 0 bridgehead atoms. The summed E-state index contributed by atoms with van der Waals surface area (Å²) in [7, 11) is 2.12. The summed E-state index contributed by atoms with van der Waals surface area (Å²) in [5.74, 6) is 0.584. The number of benzene rings is 2. The minimum absolute atomic E-state index is 0.0109. The number of carbonyl (C=O) groups excluding carboxylic acids is 1. The van der Waals surface area contributed by atoms with E-state index in [1.807, 2.05) is 24.3 Å². The number of piperidine rings is 1.